The molecule has 1 fully saturated rings. The van der Waals surface area contributed by atoms with E-state index in [-0.39, 0.29) is 11.8 Å². The van der Waals surface area contributed by atoms with Crippen molar-refractivity contribution in [2.75, 3.05) is 37.9 Å². The van der Waals surface area contributed by atoms with Crippen molar-refractivity contribution in [3.05, 3.63) is 54.1 Å². The molecule has 2 amide bonds. The Balaban J connectivity index is 0.000000434. The molecule has 0 radical (unpaired) electrons. The van der Waals surface area contributed by atoms with Crippen LogP contribution in [0.4, 0.5) is 17.1 Å². The summed E-state index contributed by atoms with van der Waals surface area (Å²) in [5, 5.41) is 32.5. The minimum Gasteiger partial charge on any atom is -0.473 e. The molecule has 2 aromatic carbocycles. The Morgan fingerprint density at radius 2 is 1.24 bits per heavy atom. The Bertz CT molecular complexity index is 1280. The fourth-order valence-electron chi connectivity index (χ4n) is 4.83. The summed E-state index contributed by atoms with van der Waals surface area (Å²) in [6.07, 6.45) is 4.69. The topological polar surface area (TPSA) is 205 Å². The number of carboxylic acids is 4. The number of carboxylic acid groups (broad SMARTS) is 4. The summed E-state index contributed by atoms with van der Waals surface area (Å²) in [6.45, 7) is 0.297. The number of benzene rings is 2. The number of carbonyl (C=O) groups is 6. The quantitative estimate of drug-likeness (QED) is 0.326. The molecule has 0 aromatic heterocycles. The standard InChI is InChI=1S/C24H30N4O2.2C2H2O4/c1-26(2)21-14-8-9-15-22(21)27(3)16-23(29)28-19-12-6-4-10-17(19)24(30)25-18-11-5-7-13-20(18)28;2*3-1(4)2(5)6/h4-7,10-13,21-22H,8-9,14-16H2,1-3H3,(H,25,30);2*(H,3,4)(H,5,6)/t21-,22-;;/m1../s1. The molecule has 2 atom stereocenters. The van der Waals surface area contributed by atoms with E-state index >= 15 is 0 Å². The molecule has 1 saturated carbocycles. The zero-order valence-corrected chi connectivity index (χ0v) is 23.4. The number of hydrogen-bond donors (Lipinski definition) is 5. The van der Waals surface area contributed by atoms with Gasteiger partial charge in [0, 0.05) is 12.1 Å². The van der Waals surface area contributed by atoms with Crippen LogP contribution in [0.2, 0.25) is 0 Å². The molecule has 42 heavy (non-hydrogen) atoms. The van der Waals surface area contributed by atoms with Crippen molar-refractivity contribution in [2.45, 2.75) is 37.8 Å². The zero-order valence-electron chi connectivity index (χ0n) is 23.4. The zero-order chi connectivity index (χ0) is 31.6. The van der Waals surface area contributed by atoms with Gasteiger partial charge in [-0.25, -0.2) is 19.2 Å². The number of anilines is 3. The van der Waals surface area contributed by atoms with Gasteiger partial charge in [-0.3, -0.25) is 19.4 Å². The molecule has 0 bridgehead atoms. The van der Waals surface area contributed by atoms with E-state index in [4.69, 9.17) is 39.6 Å². The SMILES string of the molecule is CN(C)[C@@H]1CCCC[C@H]1N(C)CC(=O)N1c2ccccc2NC(=O)c2ccccc21.O=C(O)C(=O)O.O=C(O)C(=O)O. The second kappa shape index (κ2) is 15.3. The van der Waals surface area contributed by atoms with Crippen molar-refractivity contribution in [1.29, 1.82) is 0 Å². The van der Waals surface area contributed by atoms with Crippen LogP contribution in [0.25, 0.3) is 0 Å². The summed E-state index contributed by atoms with van der Waals surface area (Å²) < 4.78 is 0. The van der Waals surface area contributed by atoms with Crippen molar-refractivity contribution in [3.63, 3.8) is 0 Å². The van der Waals surface area contributed by atoms with E-state index in [1.165, 1.54) is 12.8 Å². The molecule has 1 aliphatic heterocycles. The first-order valence-electron chi connectivity index (χ1n) is 12.9. The molecule has 14 heteroatoms. The first-order chi connectivity index (χ1) is 19.8. The highest BCUT2D eigenvalue weighted by molar-refractivity contribution is 6.28. The average Bonchev–Trinajstić information content (AvgIpc) is 3.07. The smallest absolute Gasteiger partial charge is 0.414 e. The largest absolute Gasteiger partial charge is 0.473 e. The lowest BCUT2D eigenvalue weighted by Gasteiger charge is -2.41. The summed E-state index contributed by atoms with van der Waals surface area (Å²) in [5.74, 6) is -7.52. The van der Waals surface area contributed by atoms with Crippen molar-refractivity contribution >= 4 is 52.8 Å². The van der Waals surface area contributed by atoms with Gasteiger partial charge in [0.2, 0.25) is 5.91 Å². The van der Waals surface area contributed by atoms with Gasteiger partial charge in [-0.1, -0.05) is 37.1 Å². The van der Waals surface area contributed by atoms with Gasteiger partial charge in [-0.05, 0) is 58.3 Å². The number of carbonyl (C=O) groups excluding carboxylic acids is 2. The third-order valence-corrected chi connectivity index (χ3v) is 6.71. The van der Waals surface area contributed by atoms with Gasteiger partial charge in [-0.15, -0.1) is 0 Å². The Kier molecular flexibility index (Phi) is 12.1. The minimum atomic E-state index is -1.82. The van der Waals surface area contributed by atoms with Crippen LogP contribution in [0.3, 0.4) is 0 Å². The van der Waals surface area contributed by atoms with E-state index in [0.29, 0.717) is 41.3 Å². The molecule has 1 aliphatic carbocycles. The first kappa shape index (κ1) is 33.4. The summed E-state index contributed by atoms with van der Waals surface area (Å²) in [7, 11) is 6.29. The van der Waals surface area contributed by atoms with Crippen LogP contribution in [-0.2, 0) is 24.0 Å². The average molecular weight is 587 g/mol. The van der Waals surface area contributed by atoms with Crippen LogP contribution in [0.1, 0.15) is 36.0 Å². The third kappa shape index (κ3) is 8.84. The summed E-state index contributed by atoms with van der Waals surface area (Å²) >= 11 is 0. The van der Waals surface area contributed by atoms with E-state index < -0.39 is 23.9 Å². The lowest BCUT2D eigenvalue weighted by Crippen LogP contribution is -2.52. The van der Waals surface area contributed by atoms with Crippen LogP contribution in [0.5, 0.6) is 0 Å². The van der Waals surface area contributed by atoms with Gasteiger partial charge in [0.15, 0.2) is 0 Å². The molecule has 226 valence electrons. The molecule has 0 unspecified atom stereocenters. The molecule has 14 nitrogen and oxygen atoms in total. The highest BCUT2D eigenvalue weighted by Crippen LogP contribution is 2.38. The van der Waals surface area contributed by atoms with E-state index in [0.717, 1.165) is 12.8 Å². The number of amides is 2. The normalized spacial score (nSPS) is 17.2. The number of para-hydroxylation sites is 3. The van der Waals surface area contributed by atoms with Gasteiger partial charge in [0.05, 0.1) is 29.2 Å². The van der Waals surface area contributed by atoms with Crippen molar-refractivity contribution in [3.8, 4) is 0 Å². The number of fused-ring (bicyclic) bond motifs is 2. The van der Waals surface area contributed by atoms with Gasteiger partial charge >= 0.3 is 23.9 Å². The Labute approximate surface area is 241 Å². The molecule has 1 heterocycles. The van der Waals surface area contributed by atoms with E-state index in [1.54, 1.807) is 11.0 Å². The maximum Gasteiger partial charge on any atom is 0.414 e. The summed E-state index contributed by atoms with van der Waals surface area (Å²) in [4.78, 5) is 69.0. The molecular weight excluding hydrogens is 552 g/mol. The fraction of sp³-hybridized carbons (Fsp3) is 0.357. The van der Waals surface area contributed by atoms with Crippen molar-refractivity contribution < 1.29 is 49.2 Å². The predicted octanol–water partition coefficient (Wildman–Crippen LogP) is 2.03. The summed E-state index contributed by atoms with van der Waals surface area (Å²) in [6, 6.07) is 15.6. The van der Waals surface area contributed by atoms with Gasteiger partial charge in [-0.2, -0.15) is 0 Å². The van der Waals surface area contributed by atoms with Crippen LogP contribution < -0.4 is 10.2 Å². The number of rotatable bonds is 4. The highest BCUT2D eigenvalue weighted by atomic mass is 16.4. The maximum absolute atomic E-state index is 13.6. The van der Waals surface area contributed by atoms with Crippen LogP contribution >= 0.6 is 0 Å². The monoisotopic (exact) mass is 586 g/mol. The van der Waals surface area contributed by atoms with Gasteiger partial charge in [0.1, 0.15) is 0 Å². The molecular formula is C28H34N4O10. The second-order valence-corrected chi connectivity index (χ2v) is 9.74. The maximum atomic E-state index is 13.6. The van der Waals surface area contributed by atoms with Gasteiger partial charge < -0.3 is 30.6 Å². The van der Waals surface area contributed by atoms with E-state index in [9.17, 15) is 9.59 Å². The molecule has 5 N–H and O–H groups in total. The minimum absolute atomic E-state index is 0.0306. The fourth-order valence-corrected chi connectivity index (χ4v) is 4.83. The van der Waals surface area contributed by atoms with Gasteiger partial charge in [0.25, 0.3) is 5.91 Å². The molecule has 4 rings (SSSR count). The Morgan fingerprint density at radius 3 is 1.76 bits per heavy atom. The third-order valence-electron chi connectivity index (χ3n) is 6.71. The van der Waals surface area contributed by atoms with E-state index in [1.807, 2.05) is 49.5 Å². The molecule has 0 saturated heterocycles. The molecule has 2 aliphatic rings. The second-order valence-electron chi connectivity index (χ2n) is 9.74. The number of hydrogen-bond acceptors (Lipinski definition) is 8. The molecule has 2 aromatic rings. The Hall–Kier alpha value is -4.82. The van der Waals surface area contributed by atoms with Crippen LogP contribution in [0.15, 0.2) is 48.5 Å². The van der Waals surface area contributed by atoms with Crippen molar-refractivity contribution in [1.82, 2.24) is 9.80 Å². The highest BCUT2D eigenvalue weighted by Gasteiger charge is 2.34. The van der Waals surface area contributed by atoms with Crippen LogP contribution in [0, 0.1) is 0 Å². The van der Waals surface area contributed by atoms with Crippen LogP contribution in [-0.4, -0.2) is 106 Å². The number of aliphatic carboxylic acids is 4. The van der Waals surface area contributed by atoms with Crippen molar-refractivity contribution in [2.24, 2.45) is 0 Å². The lowest BCUT2D eigenvalue weighted by atomic mass is 9.88. The number of nitrogens with zero attached hydrogens (tertiary/aromatic N) is 3. The Morgan fingerprint density at radius 1 is 0.762 bits per heavy atom. The lowest BCUT2D eigenvalue weighted by molar-refractivity contribution is -0.159. The number of likely N-dealkylation sites (N-methyl/N-ethyl adjacent to an activating group) is 2. The molecule has 0 spiro atoms. The first-order valence-corrected chi connectivity index (χ1v) is 12.9. The number of nitrogens with one attached hydrogen (secondary N) is 1. The summed E-state index contributed by atoms with van der Waals surface area (Å²) in [5.41, 5.74) is 2.50. The predicted molar refractivity (Wildman–Crippen MR) is 151 cm³/mol. The van der Waals surface area contributed by atoms with E-state index in [2.05, 4.69) is 29.2 Å².